The molecule has 0 aromatic heterocycles. The van der Waals surface area contributed by atoms with Crippen LogP contribution in [0.5, 0.6) is 0 Å². The van der Waals surface area contributed by atoms with Crippen LogP contribution in [-0.2, 0) is 19.1 Å². The molecule has 0 aliphatic heterocycles. The lowest BCUT2D eigenvalue weighted by atomic mass is 10.2. The van der Waals surface area contributed by atoms with Gasteiger partial charge in [-0.1, -0.05) is 0 Å². The van der Waals surface area contributed by atoms with E-state index in [9.17, 15) is 9.59 Å². The van der Waals surface area contributed by atoms with E-state index in [0.717, 1.165) is 0 Å². The molecule has 0 aromatic carbocycles. The van der Waals surface area contributed by atoms with Gasteiger partial charge in [0.2, 0.25) is 5.91 Å². The molecule has 0 rings (SSSR count). The van der Waals surface area contributed by atoms with E-state index in [1.165, 1.54) is 0 Å². The summed E-state index contributed by atoms with van der Waals surface area (Å²) in [5.41, 5.74) is -0.472. The minimum Gasteiger partial charge on any atom is -0.460 e. The van der Waals surface area contributed by atoms with E-state index in [-0.39, 0.29) is 24.3 Å². The zero-order chi connectivity index (χ0) is 14.9. The molecular weight excluding hydrogens is 248 g/mol. The van der Waals surface area contributed by atoms with Crippen molar-refractivity contribution in [1.82, 2.24) is 10.6 Å². The molecule has 6 heteroatoms. The fraction of sp³-hybridized carbons (Fsp3) is 0.846. The van der Waals surface area contributed by atoms with Gasteiger partial charge in [-0.15, -0.1) is 0 Å². The first-order valence-corrected chi connectivity index (χ1v) is 6.48. The molecule has 0 heterocycles. The summed E-state index contributed by atoms with van der Waals surface area (Å²) >= 11 is 0. The van der Waals surface area contributed by atoms with Crippen LogP contribution in [0, 0.1) is 0 Å². The Morgan fingerprint density at radius 3 is 2.37 bits per heavy atom. The molecule has 112 valence electrons. The van der Waals surface area contributed by atoms with Gasteiger partial charge in [0.1, 0.15) is 5.60 Å². The zero-order valence-corrected chi connectivity index (χ0v) is 12.5. The third-order valence-electron chi connectivity index (χ3n) is 2.20. The summed E-state index contributed by atoms with van der Waals surface area (Å²) in [6.07, 6.45) is 0.243. The minimum atomic E-state index is -0.472. The number of hydrogen-bond acceptors (Lipinski definition) is 5. The van der Waals surface area contributed by atoms with Crippen LogP contribution in [0.2, 0.25) is 0 Å². The Balaban J connectivity index is 3.76. The number of carbonyl (C=O) groups is 2. The highest BCUT2D eigenvalue weighted by atomic mass is 16.6. The van der Waals surface area contributed by atoms with Gasteiger partial charge in [-0.05, 0) is 27.7 Å². The summed E-state index contributed by atoms with van der Waals surface area (Å²) < 4.78 is 10.00. The van der Waals surface area contributed by atoms with Crippen LogP contribution in [0.3, 0.4) is 0 Å². The molecule has 0 aliphatic carbocycles. The lowest BCUT2D eigenvalue weighted by Crippen LogP contribution is -2.43. The van der Waals surface area contributed by atoms with Crippen LogP contribution in [0.15, 0.2) is 0 Å². The average Bonchev–Trinajstić information content (AvgIpc) is 2.26. The van der Waals surface area contributed by atoms with Gasteiger partial charge in [0.15, 0.2) is 0 Å². The van der Waals surface area contributed by atoms with Gasteiger partial charge in [-0.2, -0.15) is 0 Å². The van der Waals surface area contributed by atoms with Crippen molar-refractivity contribution in [3.05, 3.63) is 0 Å². The van der Waals surface area contributed by atoms with Crippen molar-refractivity contribution in [1.29, 1.82) is 0 Å². The molecule has 1 amide bonds. The molecular formula is C13H26N2O4. The first-order chi connectivity index (χ1) is 8.76. The largest absolute Gasteiger partial charge is 0.460 e. The number of carbonyl (C=O) groups excluding carboxylic acids is 2. The van der Waals surface area contributed by atoms with Crippen molar-refractivity contribution in [3.63, 3.8) is 0 Å². The van der Waals surface area contributed by atoms with E-state index in [2.05, 4.69) is 10.6 Å². The molecule has 2 N–H and O–H groups in total. The number of methoxy groups -OCH3 is 1. The summed E-state index contributed by atoms with van der Waals surface area (Å²) in [7, 11) is 1.58. The van der Waals surface area contributed by atoms with Crippen molar-refractivity contribution < 1.29 is 19.1 Å². The highest BCUT2D eigenvalue weighted by Crippen LogP contribution is 2.07. The van der Waals surface area contributed by atoms with Gasteiger partial charge in [-0.25, -0.2) is 0 Å². The van der Waals surface area contributed by atoms with Gasteiger partial charge in [-0.3, -0.25) is 9.59 Å². The first-order valence-electron chi connectivity index (χ1n) is 6.48. The van der Waals surface area contributed by atoms with Crippen LogP contribution in [0.1, 0.15) is 34.1 Å². The number of amides is 1. The number of rotatable bonds is 8. The summed E-state index contributed by atoms with van der Waals surface area (Å²) in [4.78, 5) is 23.0. The Labute approximate surface area is 115 Å². The molecule has 1 atom stereocenters. The monoisotopic (exact) mass is 274 g/mol. The summed E-state index contributed by atoms with van der Waals surface area (Å²) in [6.45, 7) is 8.59. The van der Waals surface area contributed by atoms with Gasteiger partial charge in [0.05, 0.1) is 19.1 Å². The van der Waals surface area contributed by atoms with Crippen LogP contribution < -0.4 is 10.6 Å². The minimum absolute atomic E-state index is 0.110. The van der Waals surface area contributed by atoms with Crippen LogP contribution >= 0.6 is 0 Å². The van der Waals surface area contributed by atoms with E-state index in [0.29, 0.717) is 19.7 Å². The molecule has 0 radical (unpaired) electrons. The summed E-state index contributed by atoms with van der Waals surface area (Å²) in [5, 5.41) is 5.69. The maximum absolute atomic E-state index is 11.6. The van der Waals surface area contributed by atoms with E-state index in [1.54, 1.807) is 14.0 Å². The fourth-order valence-electron chi connectivity index (χ4n) is 1.31. The predicted octanol–water partition coefficient (Wildman–Crippen LogP) is 0.459. The fourth-order valence-corrected chi connectivity index (χ4v) is 1.31. The Morgan fingerprint density at radius 2 is 1.84 bits per heavy atom. The second kappa shape index (κ2) is 8.87. The first kappa shape index (κ1) is 17.9. The maximum atomic E-state index is 11.6. The van der Waals surface area contributed by atoms with Gasteiger partial charge >= 0.3 is 5.97 Å². The molecule has 0 bridgehead atoms. The molecule has 0 spiro atoms. The number of esters is 1. The highest BCUT2D eigenvalue weighted by molar-refractivity contribution is 5.81. The second-order valence-corrected chi connectivity index (χ2v) is 5.30. The number of ether oxygens (including phenoxy) is 2. The Morgan fingerprint density at radius 1 is 1.21 bits per heavy atom. The molecule has 0 aliphatic rings. The number of hydrogen-bond donors (Lipinski definition) is 2. The lowest BCUT2D eigenvalue weighted by Gasteiger charge is -2.20. The quantitative estimate of drug-likeness (QED) is 0.497. The van der Waals surface area contributed by atoms with E-state index >= 15 is 0 Å². The van der Waals surface area contributed by atoms with Crippen molar-refractivity contribution in [2.45, 2.75) is 45.8 Å². The SMILES string of the molecule is COCCNC(=O)C(C)NCCC(=O)OC(C)(C)C. The normalized spacial score (nSPS) is 12.9. The molecule has 0 saturated heterocycles. The molecule has 0 fully saturated rings. The number of nitrogens with one attached hydrogen (secondary N) is 2. The summed E-state index contributed by atoms with van der Waals surface area (Å²) in [6, 6.07) is -0.348. The molecule has 6 nitrogen and oxygen atoms in total. The highest BCUT2D eigenvalue weighted by Gasteiger charge is 2.17. The smallest absolute Gasteiger partial charge is 0.307 e. The standard InChI is InChI=1S/C13H26N2O4/c1-10(12(17)15-8-9-18-5)14-7-6-11(16)19-13(2,3)4/h10,14H,6-9H2,1-5H3,(H,15,17). The molecule has 0 saturated carbocycles. The van der Waals surface area contributed by atoms with Crippen molar-refractivity contribution in [2.75, 3.05) is 26.8 Å². The Kier molecular flexibility index (Phi) is 8.34. The second-order valence-electron chi connectivity index (χ2n) is 5.30. The summed E-state index contributed by atoms with van der Waals surface area (Å²) in [5.74, 6) is -0.381. The molecule has 0 aromatic rings. The predicted molar refractivity (Wildman–Crippen MR) is 72.8 cm³/mol. The lowest BCUT2D eigenvalue weighted by molar-refractivity contribution is -0.154. The van der Waals surface area contributed by atoms with Crippen molar-refractivity contribution in [3.8, 4) is 0 Å². The van der Waals surface area contributed by atoms with Gasteiger partial charge in [0.25, 0.3) is 0 Å². The molecule has 19 heavy (non-hydrogen) atoms. The third-order valence-corrected chi connectivity index (χ3v) is 2.20. The topological polar surface area (TPSA) is 76.7 Å². The third kappa shape index (κ3) is 10.5. The average molecular weight is 274 g/mol. The van der Waals surface area contributed by atoms with E-state index < -0.39 is 5.60 Å². The Hall–Kier alpha value is -1.14. The molecule has 1 unspecified atom stereocenters. The van der Waals surface area contributed by atoms with Crippen molar-refractivity contribution >= 4 is 11.9 Å². The van der Waals surface area contributed by atoms with Crippen LogP contribution in [0.4, 0.5) is 0 Å². The maximum Gasteiger partial charge on any atom is 0.307 e. The Bertz CT molecular complexity index is 287. The van der Waals surface area contributed by atoms with E-state index in [4.69, 9.17) is 9.47 Å². The van der Waals surface area contributed by atoms with Crippen LogP contribution in [0.25, 0.3) is 0 Å². The van der Waals surface area contributed by atoms with E-state index in [1.807, 2.05) is 20.8 Å². The van der Waals surface area contributed by atoms with Gasteiger partial charge in [0, 0.05) is 20.2 Å². The zero-order valence-electron chi connectivity index (χ0n) is 12.5. The van der Waals surface area contributed by atoms with Crippen molar-refractivity contribution in [2.24, 2.45) is 0 Å². The van der Waals surface area contributed by atoms with Gasteiger partial charge < -0.3 is 20.1 Å². The van der Waals surface area contributed by atoms with Crippen LogP contribution in [-0.4, -0.2) is 50.3 Å².